The van der Waals surface area contributed by atoms with Crippen LogP contribution in [0.15, 0.2) is 52.1 Å². The molecular weight excluding hydrogens is 440 g/mol. The molecule has 1 N–H and O–H groups in total. The Labute approximate surface area is 184 Å². The standard InChI is InChI=1S/C20H22N4O3S3/c1-15(25)21-16-4-6-17(7-5-16)30(26,27)24-10-8-23(9-11-24)13-20-22-18(14-29-20)19-3-2-12-28-19/h2-7,12,14H,8-11,13H2,1H3,(H,21,25). The lowest BCUT2D eigenvalue weighted by molar-refractivity contribution is -0.114. The van der Waals surface area contributed by atoms with E-state index >= 15 is 0 Å². The Hall–Kier alpha value is -2.11. The van der Waals surface area contributed by atoms with Crippen molar-refractivity contribution < 1.29 is 13.2 Å². The number of rotatable bonds is 6. The van der Waals surface area contributed by atoms with Crippen molar-refractivity contribution in [2.75, 3.05) is 31.5 Å². The minimum absolute atomic E-state index is 0.190. The fourth-order valence-corrected chi connectivity index (χ4v) is 6.32. The van der Waals surface area contributed by atoms with E-state index < -0.39 is 10.0 Å². The van der Waals surface area contributed by atoms with Gasteiger partial charge in [-0.15, -0.1) is 22.7 Å². The molecular formula is C20H22N4O3S3. The van der Waals surface area contributed by atoms with Crippen LogP contribution in [0.25, 0.3) is 10.6 Å². The van der Waals surface area contributed by atoms with Gasteiger partial charge < -0.3 is 5.32 Å². The number of thiazole rings is 1. The summed E-state index contributed by atoms with van der Waals surface area (Å²) in [6, 6.07) is 10.4. The Morgan fingerprint density at radius 1 is 1.10 bits per heavy atom. The molecule has 0 bridgehead atoms. The Kier molecular flexibility index (Phi) is 6.30. The van der Waals surface area contributed by atoms with Gasteiger partial charge in [0.2, 0.25) is 15.9 Å². The van der Waals surface area contributed by atoms with Gasteiger partial charge in [0.05, 0.1) is 22.0 Å². The molecule has 7 nitrogen and oxygen atoms in total. The molecule has 1 aromatic carbocycles. The van der Waals surface area contributed by atoms with Crippen LogP contribution in [0.4, 0.5) is 5.69 Å². The summed E-state index contributed by atoms with van der Waals surface area (Å²) in [6.45, 7) is 4.36. The summed E-state index contributed by atoms with van der Waals surface area (Å²) in [5, 5.41) is 7.81. The van der Waals surface area contributed by atoms with Crippen LogP contribution in [0.3, 0.4) is 0 Å². The highest BCUT2D eigenvalue weighted by Gasteiger charge is 2.28. The lowest BCUT2D eigenvalue weighted by atomic mass is 10.3. The predicted molar refractivity (Wildman–Crippen MR) is 120 cm³/mol. The van der Waals surface area contributed by atoms with E-state index in [4.69, 9.17) is 4.98 Å². The summed E-state index contributed by atoms with van der Waals surface area (Å²) in [5.74, 6) is -0.190. The number of hydrogen-bond donors (Lipinski definition) is 1. The Morgan fingerprint density at radius 3 is 2.47 bits per heavy atom. The summed E-state index contributed by atoms with van der Waals surface area (Å²) >= 11 is 3.32. The zero-order chi connectivity index (χ0) is 21.1. The molecule has 0 aliphatic carbocycles. The molecule has 1 amide bonds. The van der Waals surface area contributed by atoms with E-state index in [0.717, 1.165) is 22.1 Å². The molecule has 0 spiro atoms. The van der Waals surface area contributed by atoms with E-state index in [1.54, 1.807) is 34.8 Å². The third-order valence-electron chi connectivity index (χ3n) is 4.83. The van der Waals surface area contributed by atoms with Gasteiger partial charge in [0, 0.05) is 44.2 Å². The van der Waals surface area contributed by atoms with E-state index in [2.05, 4.69) is 21.7 Å². The number of nitrogens with zero attached hydrogens (tertiary/aromatic N) is 3. The van der Waals surface area contributed by atoms with Gasteiger partial charge in [0.1, 0.15) is 5.01 Å². The number of benzene rings is 1. The smallest absolute Gasteiger partial charge is 0.243 e. The second-order valence-electron chi connectivity index (χ2n) is 6.99. The van der Waals surface area contributed by atoms with Crippen LogP contribution >= 0.6 is 22.7 Å². The van der Waals surface area contributed by atoms with Crippen LogP contribution < -0.4 is 5.32 Å². The maximum absolute atomic E-state index is 12.9. The SMILES string of the molecule is CC(=O)Nc1ccc(S(=O)(=O)N2CCN(Cc3nc(-c4cccs4)cs3)CC2)cc1. The molecule has 158 valence electrons. The number of carbonyl (C=O) groups excluding carboxylic acids is 1. The van der Waals surface area contributed by atoms with Crippen molar-refractivity contribution in [3.8, 4) is 10.6 Å². The zero-order valence-electron chi connectivity index (χ0n) is 16.4. The molecule has 0 atom stereocenters. The van der Waals surface area contributed by atoms with Crippen LogP contribution in [0.2, 0.25) is 0 Å². The summed E-state index contributed by atoms with van der Waals surface area (Å²) in [7, 11) is -3.55. The fraction of sp³-hybridized carbons (Fsp3) is 0.300. The predicted octanol–water partition coefficient (Wildman–Crippen LogP) is 3.34. The number of sulfonamides is 1. The van der Waals surface area contributed by atoms with E-state index in [1.807, 2.05) is 11.4 Å². The topological polar surface area (TPSA) is 82.6 Å². The van der Waals surface area contributed by atoms with Crippen molar-refractivity contribution in [3.63, 3.8) is 0 Å². The Balaban J connectivity index is 1.35. The van der Waals surface area contributed by atoms with Crippen LogP contribution in [-0.2, 0) is 21.4 Å². The van der Waals surface area contributed by atoms with Crippen LogP contribution in [0.1, 0.15) is 11.9 Å². The molecule has 0 unspecified atom stereocenters. The summed E-state index contributed by atoms with van der Waals surface area (Å²) in [5.41, 5.74) is 1.59. The number of nitrogens with one attached hydrogen (secondary N) is 1. The molecule has 30 heavy (non-hydrogen) atoms. The molecule has 0 saturated carbocycles. The molecule has 1 aliphatic rings. The summed E-state index contributed by atoms with van der Waals surface area (Å²) in [4.78, 5) is 19.5. The van der Waals surface area contributed by atoms with Crippen LogP contribution in [0, 0.1) is 0 Å². The molecule has 1 saturated heterocycles. The number of aromatic nitrogens is 1. The molecule has 3 heterocycles. The van der Waals surface area contributed by atoms with Gasteiger partial charge in [-0.25, -0.2) is 13.4 Å². The fourth-order valence-electron chi connectivity index (χ4n) is 3.30. The highest BCUT2D eigenvalue weighted by atomic mass is 32.2. The van der Waals surface area contributed by atoms with Gasteiger partial charge in [-0.05, 0) is 35.7 Å². The number of amides is 1. The second-order valence-corrected chi connectivity index (χ2v) is 10.8. The quantitative estimate of drug-likeness (QED) is 0.608. The number of anilines is 1. The largest absolute Gasteiger partial charge is 0.326 e. The van der Waals surface area contributed by atoms with Crippen molar-refractivity contribution >= 4 is 44.3 Å². The van der Waals surface area contributed by atoms with E-state index in [9.17, 15) is 13.2 Å². The molecule has 3 aromatic rings. The number of hydrogen-bond acceptors (Lipinski definition) is 7. The molecule has 1 fully saturated rings. The third kappa shape index (κ3) is 4.79. The average Bonchev–Trinajstić information content (AvgIpc) is 3.40. The van der Waals surface area contributed by atoms with Gasteiger partial charge in [0.25, 0.3) is 0 Å². The van der Waals surface area contributed by atoms with E-state index in [1.165, 1.54) is 23.4 Å². The molecule has 1 aliphatic heterocycles. The molecule has 4 rings (SSSR count). The minimum Gasteiger partial charge on any atom is -0.326 e. The lowest BCUT2D eigenvalue weighted by Gasteiger charge is -2.33. The summed E-state index contributed by atoms with van der Waals surface area (Å²) < 4.78 is 27.4. The lowest BCUT2D eigenvalue weighted by Crippen LogP contribution is -2.48. The average molecular weight is 463 g/mol. The third-order valence-corrected chi connectivity index (χ3v) is 8.47. The molecule has 0 radical (unpaired) electrons. The van der Waals surface area contributed by atoms with Gasteiger partial charge in [0.15, 0.2) is 0 Å². The first-order valence-corrected chi connectivity index (χ1v) is 12.7. The minimum atomic E-state index is -3.55. The summed E-state index contributed by atoms with van der Waals surface area (Å²) in [6.07, 6.45) is 0. The van der Waals surface area contributed by atoms with Gasteiger partial charge in [-0.3, -0.25) is 9.69 Å². The van der Waals surface area contributed by atoms with Crippen LogP contribution in [-0.4, -0.2) is 54.7 Å². The van der Waals surface area contributed by atoms with Crippen LogP contribution in [0.5, 0.6) is 0 Å². The normalized spacial score (nSPS) is 15.9. The first-order chi connectivity index (χ1) is 14.4. The highest BCUT2D eigenvalue weighted by molar-refractivity contribution is 7.89. The zero-order valence-corrected chi connectivity index (χ0v) is 18.9. The van der Waals surface area contributed by atoms with Crippen molar-refractivity contribution in [2.45, 2.75) is 18.4 Å². The van der Waals surface area contributed by atoms with Crippen molar-refractivity contribution in [1.29, 1.82) is 0 Å². The first kappa shape index (κ1) is 21.1. The van der Waals surface area contributed by atoms with Crippen molar-refractivity contribution in [3.05, 3.63) is 52.2 Å². The van der Waals surface area contributed by atoms with Crippen molar-refractivity contribution in [1.82, 2.24) is 14.2 Å². The number of piperazine rings is 1. The number of thiophene rings is 1. The van der Waals surface area contributed by atoms with Crippen molar-refractivity contribution in [2.24, 2.45) is 0 Å². The Bertz CT molecular complexity index is 1100. The van der Waals surface area contributed by atoms with E-state index in [0.29, 0.717) is 31.9 Å². The van der Waals surface area contributed by atoms with Gasteiger partial charge >= 0.3 is 0 Å². The molecule has 10 heteroatoms. The van der Waals surface area contributed by atoms with E-state index in [-0.39, 0.29) is 10.8 Å². The van der Waals surface area contributed by atoms with Gasteiger partial charge in [-0.2, -0.15) is 4.31 Å². The monoisotopic (exact) mass is 462 g/mol. The maximum atomic E-state index is 12.9. The Morgan fingerprint density at radius 2 is 1.83 bits per heavy atom. The second kappa shape index (κ2) is 8.94. The maximum Gasteiger partial charge on any atom is 0.243 e. The molecule has 2 aromatic heterocycles. The number of carbonyl (C=O) groups is 1. The highest BCUT2D eigenvalue weighted by Crippen LogP contribution is 2.27. The first-order valence-electron chi connectivity index (χ1n) is 9.50. The van der Waals surface area contributed by atoms with Gasteiger partial charge in [-0.1, -0.05) is 6.07 Å².